The fourth-order valence-electron chi connectivity index (χ4n) is 3.38. The molecule has 0 aromatic heterocycles. The zero-order valence-electron chi connectivity index (χ0n) is 10.4. The Morgan fingerprint density at radius 1 is 1.29 bits per heavy atom. The van der Waals surface area contributed by atoms with Gasteiger partial charge in [0.1, 0.15) is 0 Å². The Balaban J connectivity index is 1.47. The molecule has 0 atom stereocenters. The quantitative estimate of drug-likeness (QED) is 0.718. The number of nitrogens with zero attached hydrogens (tertiary/aromatic N) is 2. The van der Waals surface area contributed by atoms with Gasteiger partial charge >= 0.3 is 0 Å². The molecule has 3 fully saturated rings. The van der Waals surface area contributed by atoms with Crippen LogP contribution in [0.3, 0.4) is 0 Å². The van der Waals surface area contributed by atoms with Crippen molar-refractivity contribution in [2.45, 2.75) is 12.8 Å². The highest BCUT2D eigenvalue weighted by molar-refractivity contribution is 5.80. The molecule has 17 heavy (non-hydrogen) atoms. The standard InChI is InChI=1S/C12H21N3O2/c1-13-15-8-12(9-15)6-10(7-12)11(16)14-2-4-17-5-3-14/h10,13H,2-9H2,1H3. The first-order valence-corrected chi connectivity index (χ1v) is 6.51. The molecule has 5 heteroatoms. The lowest BCUT2D eigenvalue weighted by Gasteiger charge is -2.58. The van der Waals surface area contributed by atoms with E-state index in [-0.39, 0.29) is 5.92 Å². The number of carbonyl (C=O) groups excluding carboxylic acids is 1. The summed E-state index contributed by atoms with van der Waals surface area (Å²) in [6.07, 6.45) is 2.17. The molecular formula is C12H21N3O2. The van der Waals surface area contributed by atoms with E-state index < -0.39 is 0 Å². The van der Waals surface area contributed by atoms with Gasteiger partial charge < -0.3 is 9.64 Å². The van der Waals surface area contributed by atoms with Gasteiger partial charge in [0.15, 0.2) is 0 Å². The first kappa shape index (κ1) is 11.4. The number of hydrogen-bond donors (Lipinski definition) is 1. The molecule has 2 heterocycles. The highest BCUT2D eigenvalue weighted by Crippen LogP contribution is 2.51. The molecule has 3 rings (SSSR count). The normalized spacial score (nSPS) is 28.9. The lowest BCUT2D eigenvalue weighted by atomic mass is 9.58. The summed E-state index contributed by atoms with van der Waals surface area (Å²) < 4.78 is 5.27. The monoisotopic (exact) mass is 239 g/mol. The third-order valence-corrected chi connectivity index (χ3v) is 4.40. The van der Waals surface area contributed by atoms with Crippen LogP contribution in [-0.2, 0) is 9.53 Å². The summed E-state index contributed by atoms with van der Waals surface area (Å²) in [6.45, 7) is 5.19. The molecule has 0 unspecified atom stereocenters. The van der Waals surface area contributed by atoms with Crippen LogP contribution < -0.4 is 5.43 Å². The fourth-order valence-corrected chi connectivity index (χ4v) is 3.38. The number of amides is 1. The average molecular weight is 239 g/mol. The van der Waals surface area contributed by atoms with E-state index in [9.17, 15) is 4.79 Å². The average Bonchev–Trinajstić information content (AvgIpc) is 2.27. The van der Waals surface area contributed by atoms with E-state index in [1.807, 2.05) is 11.9 Å². The van der Waals surface area contributed by atoms with Crippen LogP contribution in [-0.4, -0.2) is 62.3 Å². The van der Waals surface area contributed by atoms with Crippen LogP contribution in [0.2, 0.25) is 0 Å². The van der Waals surface area contributed by atoms with E-state index in [2.05, 4.69) is 10.4 Å². The fraction of sp³-hybridized carbons (Fsp3) is 0.917. The number of nitrogens with one attached hydrogen (secondary N) is 1. The van der Waals surface area contributed by atoms with Crippen LogP contribution in [0.4, 0.5) is 0 Å². The summed E-state index contributed by atoms with van der Waals surface area (Å²) in [5.41, 5.74) is 3.61. The number of morpholine rings is 1. The number of ether oxygens (including phenoxy) is 1. The number of rotatable bonds is 2. The molecule has 1 amide bonds. The molecule has 2 aliphatic heterocycles. The van der Waals surface area contributed by atoms with Crippen molar-refractivity contribution >= 4 is 5.91 Å². The predicted molar refractivity (Wildman–Crippen MR) is 63.2 cm³/mol. The van der Waals surface area contributed by atoms with E-state index in [0.717, 1.165) is 39.0 Å². The van der Waals surface area contributed by atoms with Crippen molar-refractivity contribution in [1.82, 2.24) is 15.3 Å². The molecule has 0 radical (unpaired) electrons. The zero-order valence-corrected chi connectivity index (χ0v) is 10.4. The maximum absolute atomic E-state index is 12.2. The summed E-state index contributed by atoms with van der Waals surface area (Å²) in [5, 5.41) is 2.22. The van der Waals surface area contributed by atoms with Gasteiger partial charge in [-0.3, -0.25) is 10.2 Å². The van der Waals surface area contributed by atoms with Crippen LogP contribution >= 0.6 is 0 Å². The van der Waals surface area contributed by atoms with Gasteiger partial charge in [0.2, 0.25) is 5.91 Å². The molecule has 1 spiro atoms. The minimum absolute atomic E-state index is 0.284. The summed E-state index contributed by atoms with van der Waals surface area (Å²) in [4.78, 5) is 14.2. The van der Waals surface area contributed by atoms with Gasteiger partial charge in [0.05, 0.1) is 13.2 Å². The van der Waals surface area contributed by atoms with Gasteiger partial charge in [0.25, 0.3) is 0 Å². The highest BCUT2D eigenvalue weighted by atomic mass is 16.5. The molecule has 2 saturated heterocycles. The second kappa shape index (κ2) is 4.23. The lowest BCUT2D eigenvalue weighted by molar-refractivity contribution is -0.161. The first-order chi connectivity index (χ1) is 8.22. The SMILES string of the molecule is CNN1CC2(CC(C(=O)N3CCOCC3)C2)C1. The number of hydrogen-bond acceptors (Lipinski definition) is 4. The van der Waals surface area contributed by atoms with Crippen molar-refractivity contribution in [3.8, 4) is 0 Å². The number of carbonyl (C=O) groups is 1. The van der Waals surface area contributed by atoms with Crippen LogP contribution in [0.15, 0.2) is 0 Å². The molecule has 1 saturated carbocycles. The molecule has 0 aromatic rings. The van der Waals surface area contributed by atoms with Crippen LogP contribution in [0.25, 0.3) is 0 Å². The van der Waals surface area contributed by atoms with Crippen molar-refractivity contribution in [2.24, 2.45) is 11.3 Å². The Morgan fingerprint density at radius 3 is 2.53 bits per heavy atom. The van der Waals surface area contributed by atoms with E-state index in [1.54, 1.807) is 0 Å². The van der Waals surface area contributed by atoms with Crippen LogP contribution in [0, 0.1) is 11.3 Å². The summed E-state index contributed by atoms with van der Waals surface area (Å²) in [5.74, 6) is 0.647. The maximum atomic E-state index is 12.2. The minimum Gasteiger partial charge on any atom is -0.378 e. The Labute approximate surface area is 102 Å². The van der Waals surface area contributed by atoms with Crippen molar-refractivity contribution < 1.29 is 9.53 Å². The Hall–Kier alpha value is -0.650. The predicted octanol–water partition coefficient (Wildman–Crippen LogP) is -0.308. The lowest BCUT2D eigenvalue weighted by Crippen LogP contribution is -2.67. The first-order valence-electron chi connectivity index (χ1n) is 6.51. The van der Waals surface area contributed by atoms with Gasteiger partial charge in [-0.15, -0.1) is 0 Å². The maximum Gasteiger partial charge on any atom is 0.225 e. The van der Waals surface area contributed by atoms with Crippen molar-refractivity contribution in [3.05, 3.63) is 0 Å². The van der Waals surface area contributed by atoms with E-state index in [1.165, 1.54) is 0 Å². The molecule has 5 nitrogen and oxygen atoms in total. The Morgan fingerprint density at radius 2 is 1.94 bits per heavy atom. The van der Waals surface area contributed by atoms with Gasteiger partial charge in [0, 0.05) is 37.5 Å². The molecular weight excluding hydrogens is 218 g/mol. The smallest absolute Gasteiger partial charge is 0.225 e. The zero-order chi connectivity index (χ0) is 11.9. The molecule has 0 aromatic carbocycles. The van der Waals surface area contributed by atoms with Gasteiger partial charge in [-0.25, -0.2) is 5.01 Å². The van der Waals surface area contributed by atoms with Crippen molar-refractivity contribution in [1.29, 1.82) is 0 Å². The molecule has 96 valence electrons. The van der Waals surface area contributed by atoms with Gasteiger partial charge in [-0.1, -0.05) is 0 Å². The largest absolute Gasteiger partial charge is 0.378 e. The van der Waals surface area contributed by atoms with Crippen molar-refractivity contribution in [2.75, 3.05) is 46.4 Å². The highest BCUT2D eigenvalue weighted by Gasteiger charge is 2.54. The van der Waals surface area contributed by atoms with Crippen LogP contribution in [0.1, 0.15) is 12.8 Å². The molecule has 1 N–H and O–H groups in total. The van der Waals surface area contributed by atoms with E-state index in [0.29, 0.717) is 24.5 Å². The third kappa shape index (κ3) is 1.96. The Kier molecular flexibility index (Phi) is 2.84. The van der Waals surface area contributed by atoms with E-state index in [4.69, 9.17) is 4.74 Å². The topological polar surface area (TPSA) is 44.8 Å². The van der Waals surface area contributed by atoms with Crippen molar-refractivity contribution in [3.63, 3.8) is 0 Å². The summed E-state index contributed by atoms with van der Waals surface area (Å²) in [6, 6.07) is 0. The minimum atomic E-state index is 0.284. The van der Waals surface area contributed by atoms with Gasteiger partial charge in [-0.2, -0.15) is 0 Å². The van der Waals surface area contributed by atoms with Crippen LogP contribution in [0.5, 0.6) is 0 Å². The third-order valence-electron chi connectivity index (χ3n) is 4.40. The number of hydrazine groups is 1. The molecule has 0 bridgehead atoms. The summed E-state index contributed by atoms with van der Waals surface area (Å²) >= 11 is 0. The second-order valence-electron chi connectivity index (χ2n) is 5.62. The Bertz CT molecular complexity index is 301. The van der Waals surface area contributed by atoms with E-state index >= 15 is 0 Å². The molecule has 1 aliphatic carbocycles. The molecule has 3 aliphatic rings. The van der Waals surface area contributed by atoms with Gasteiger partial charge in [-0.05, 0) is 19.9 Å². The second-order valence-corrected chi connectivity index (χ2v) is 5.62. The summed E-state index contributed by atoms with van der Waals surface area (Å²) in [7, 11) is 1.96.